The number of nitrogens with zero attached hydrogens (tertiary/aromatic N) is 1. The second-order valence-corrected chi connectivity index (χ2v) is 8.14. The summed E-state index contributed by atoms with van der Waals surface area (Å²) in [7, 11) is 0. The van der Waals surface area contributed by atoms with Crippen molar-refractivity contribution in [3.63, 3.8) is 0 Å². The van der Waals surface area contributed by atoms with E-state index in [1.807, 2.05) is 30.3 Å². The van der Waals surface area contributed by atoms with Crippen molar-refractivity contribution in [2.45, 2.75) is 38.3 Å². The van der Waals surface area contributed by atoms with E-state index in [-0.39, 0.29) is 38.3 Å². The van der Waals surface area contributed by atoms with Crippen LogP contribution in [-0.4, -0.2) is 55.9 Å². The van der Waals surface area contributed by atoms with Crippen LogP contribution in [0.25, 0.3) is 0 Å². The predicted molar refractivity (Wildman–Crippen MR) is 121 cm³/mol. The summed E-state index contributed by atoms with van der Waals surface area (Å²) in [6.45, 7) is 1.82. The van der Waals surface area contributed by atoms with E-state index in [9.17, 15) is 22.8 Å². The zero-order valence-corrected chi connectivity index (χ0v) is 19.3. The Hall–Kier alpha value is -3.11. The number of carbonyl (C=O) groups excluding carboxylic acids is 2. The number of benzene rings is 2. The van der Waals surface area contributed by atoms with Gasteiger partial charge in [-0.3, -0.25) is 4.79 Å². The Morgan fingerprint density at radius 1 is 1.06 bits per heavy atom. The van der Waals surface area contributed by atoms with Gasteiger partial charge in [0.05, 0.1) is 31.5 Å². The van der Waals surface area contributed by atoms with E-state index in [2.05, 4.69) is 5.32 Å². The molecule has 1 heterocycles. The lowest BCUT2D eigenvalue weighted by Crippen LogP contribution is -2.47. The summed E-state index contributed by atoms with van der Waals surface area (Å²) < 4.78 is 54.8. The van der Waals surface area contributed by atoms with Gasteiger partial charge in [0.1, 0.15) is 6.61 Å². The summed E-state index contributed by atoms with van der Waals surface area (Å²) in [4.78, 5) is 25.9. The number of halogens is 3. The first kappa shape index (κ1) is 26.5. The lowest BCUT2D eigenvalue weighted by molar-refractivity contribution is -0.141. The van der Waals surface area contributed by atoms with E-state index in [1.165, 1.54) is 6.07 Å². The average Bonchev–Trinajstić information content (AvgIpc) is 2.86. The molecule has 0 aliphatic carbocycles. The normalized spacial score (nSPS) is 16.1. The summed E-state index contributed by atoms with van der Waals surface area (Å²) in [6, 6.07) is 14.3. The number of ether oxygens (including phenoxy) is 3. The molecular formula is C25H29F3N2O5. The van der Waals surface area contributed by atoms with Crippen molar-refractivity contribution in [1.29, 1.82) is 0 Å². The molecule has 2 aromatic carbocycles. The number of hydrogen-bond donors (Lipinski definition) is 1. The minimum absolute atomic E-state index is 0.0176. The third-order valence-corrected chi connectivity index (χ3v) is 5.37. The van der Waals surface area contributed by atoms with E-state index >= 15 is 0 Å². The number of rotatable bonds is 10. The van der Waals surface area contributed by atoms with Gasteiger partial charge in [0.25, 0.3) is 0 Å². The SMILES string of the molecule is O=C(NCCCC(=O)N1CCO[C@H](COCc2cccc(C(F)(F)F)c2)C1)OCc1ccccc1. The van der Waals surface area contributed by atoms with Crippen LogP contribution >= 0.6 is 0 Å². The molecule has 1 aliphatic heterocycles. The van der Waals surface area contributed by atoms with Crippen molar-refractivity contribution < 1.29 is 37.0 Å². The van der Waals surface area contributed by atoms with Crippen LogP contribution in [0.3, 0.4) is 0 Å². The molecule has 0 unspecified atom stereocenters. The molecule has 2 amide bonds. The van der Waals surface area contributed by atoms with Crippen molar-refractivity contribution >= 4 is 12.0 Å². The lowest BCUT2D eigenvalue weighted by atomic mass is 10.1. The van der Waals surface area contributed by atoms with Gasteiger partial charge in [-0.25, -0.2) is 4.79 Å². The Morgan fingerprint density at radius 2 is 1.83 bits per heavy atom. The lowest BCUT2D eigenvalue weighted by Gasteiger charge is -2.33. The molecular weight excluding hydrogens is 465 g/mol. The molecule has 1 aliphatic rings. The van der Waals surface area contributed by atoms with E-state index < -0.39 is 17.8 Å². The Kier molecular flexibility index (Phi) is 9.92. The topological polar surface area (TPSA) is 77.1 Å². The number of carbonyl (C=O) groups is 2. The smallest absolute Gasteiger partial charge is 0.416 e. The fourth-order valence-electron chi connectivity index (χ4n) is 3.55. The maximum absolute atomic E-state index is 12.8. The van der Waals surface area contributed by atoms with Crippen LogP contribution < -0.4 is 5.32 Å². The highest BCUT2D eigenvalue weighted by Crippen LogP contribution is 2.29. The van der Waals surface area contributed by atoms with Crippen molar-refractivity contribution in [2.24, 2.45) is 0 Å². The standard InChI is InChI=1S/C25H29F3N2O5/c26-25(27,28)21-9-4-8-20(14-21)16-33-18-22-15-30(12-13-34-22)23(31)10-5-11-29-24(32)35-17-19-6-2-1-3-7-19/h1-4,6-9,14,22H,5,10-13,15-18H2,(H,29,32)/t22-/m0/s1. The van der Waals surface area contributed by atoms with Crippen LogP contribution in [0, 0.1) is 0 Å². The Bertz CT molecular complexity index is 956. The van der Waals surface area contributed by atoms with Gasteiger partial charge in [-0.2, -0.15) is 13.2 Å². The third-order valence-electron chi connectivity index (χ3n) is 5.37. The van der Waals surface area contributed by atoms with Gasteiger partial charge in [0.15, 0.2) is 0 Å². The molecule has 2 aromatic rings. The van der Waals surface area contributed by atoms with E-state index in [0.29, 0.717) is 38.2 Å². The molecule has 190 valence electrons. The van der Waals surface area contributed by atoms with E-state index in [0.717, 1.165) is 17.7 Å². The summed E-state index contributed by atoms with van der Waals surface area (Å²) in [5.74, 6) is -0.0596. The van der Waals surface area contributed by atoms with E-state index in [4.69, 9.17) is 14.2 Å². The maximum Gasteiger partial charge on any atom is 0.416 e. The summed E-state index contributed by atoms with van der Waals surface area (Å²) in [5, 5.41) is 2.63. The summed E-state index contributed by atoms with van der Waals surface area (Å²) >= 11 is 0. The number of morpholine rings is 1. The molecule has 10 heteroatoms. The van der Waals surface area contributed by atoms with Crippen LogP contribution in [0.15, 0.2) is 54.6 Å². The van der Waals surface area contributed by atoms with Gasteiger partial charge in [-0.1, -0.05) is 42.5 Å². The van der Waals surface area contributed by atoms with Gasteiger partial charge in [0, 0.05) is 26.1 Å². The first-order valence-electron chi connectivity index (χ1n) is 11.4. The zero-order chi connectivity index (χ0) is 25.1. The second kappa shape index (κ2) is 13.1. The molecule has 1 N–H and O–H groups in total. The molecule has 1 atom stereocenters. The average molecular weight is 495 g/mol. The van der Waals surface area contributed by atoms with E-state index in [1.54, 1.807) is 11.0 Å². The first-order chi connectivity index (χ1) is 16.8. The van der Waals surface area contributed by atoms with Gasteiger partial charge in [-0.05, 0) is 29.7 Å². The summed E-state index contributed by atoms with van der Waals surface area (Å²) in [5.41, 5.74) is 0.583. The Labute approximate surface area is 202 Å². The van der Waals surface area contributed by atoms with Crippen molar-refractivity contribution in [3.05, 3.63) is 71.3 Å². The van der Waals surface area contributed by atoms with Crippen LogP contribution in [0.1, 0.15) is 29.5 Å². The molecule has 0 aromatic heterocycles. The quantitative estimate of drug-likeness (QED) is 0.502. The van der Waals surface area contributed by atoms with Crippen LogP contribution in [0.4, 0.5) is 18.0 Å². The number of nitrogens with one attached hydrogen (secondary N) is 1. The minimum atomic E-state index is -4.40. The van der Waals surface area contributed by atoms with Gasteiger partial charge < -0.3 is 24.4 Å². The molecule has 7 nitrogen and oxygen atoms in total. The highest BCUT2D eigenvalue weighted by atomic mass is 19.4. The molecule has 35 heavy (non-hydrogen) atoms. The second-order valence-electron chi connectivity index (χ2n) is 8.14. The van der Waals surface area contributed by atoms with Gasteiger partial charge in [0.2, 0.25) is 5.91 Å². The molecule has 3 rings (SSSR count). The maximum atomic E-state index is 12.8. The predicted octanol–water partition coefficient (Wildman–Crippen LogP) is 4.16. The Balaban J connectivity index is 1.30. The fraction of sp³-hybridized carbons (Fsp3) is 0.440. The molecule has 1 fully saturated rings. The largest absolute Gasteiger partial charge is 0.445 e. The first-order valence-corrected chi connectivity index (χ1v) is 11.4. The zero-order valence-electron chi connectivity index (χ0n) is 19.3. The highest BCUT2D eigenvalue weighted by molar-refractivity contribution is 5.76. The van der Waals surface area contributed by atoms with Gasteiger partial charge in [-0.15, -0.1) is 0 Å². The van der Waals surface area contributed by atoms with Crippen LogP contribution in [0.2, 0.25) is 0 Å². The monoisotopic (exact) mass is 494 g/mol. The molecule has 1 saturated heterocycles. The number of alkyl halides is 3. The molecule has 0 spiro atoms. The van der Waals surface area contributed by atoms with Crippen molar-refractivity contribution in [1.82, 2.24) is 10.2 Å². The number of hydrogen-bond acceptors (Lipinski definition) is 5. The van der Waals surface area contributed by atoms with Crippen molar-refractivity contribution in [2.75, 3.05) is 32.8 Å². The highest BCUT2D eigenvalue weighted by Gasteiger charge is 2.30. The Morgan fingerprint density at radius 3 is 2.60 bits per heavy atom. The number of alkyl carbamates (subject to hydrolysis) is 1. The minimum Gasteiger partial charge on any atom is -0.445 e. The van der Waals surface area contributed by atoms with Crippen molar-refractivity contribution in [3.8, 4) is 0 Å². The van der Waals surface area contributed by atoms with Crippen LogP contribution in [-0.2, 0) is 38.4 Å². The third kappa shape index (κ3) is 9.22. The molecule has 0 saturated carbocycles. The summed E-state index contributed by atoms with van der Waals surface area (Å²) in [6.07, 6.45) is -4.57. The molecule has 0 bridgehead atoms. The van der Waals surface area contributed by atoms with Crippen LogP contribution in [0.5, 0.6) is 0 Å². The molecule has 0 radical (unpaired) electrons. The number of amides is 2. The van der Waals surface area contributed by atoms with Gasteiger partial charge >= 0.3 is 12.3 Å². The fourth-order valence-corrected chi connectivity index (χ4v) is 3.55.